The number of hydrogen-bond donors (Lipinski definition) is 2. The summed E-state index contributed by atoms with van der Waals surface area (Å²) in [6.07, 6.45) is 5.22. The van der Waals surface area contributed by atoms with Gasteiger partial charge in [0.05, 0.1) is 24.3 Å². The van der Waals surface area contributed by atoms with Crippen molar-refractivity contribution < 1.29 is 23.0 Å². The van der Waals surface area contributed by atoms with E-state index in [1.54, 1.807) is 6.07 Å². The highest BCUT2D eigenvalue weighted by Crippen LogP contribution is 2.45. The van der Waals surface area contributed by atoms with E-state index in [9.17, 15) is 18.8 Å². The number of amides is 1. The largest absolute Gasteiger partial charge is 0.488 e. The van der Waals surface area contributed by atoms with Crippen LogP contribution in [0.2, 0.25) is 0 Å². The Hall–Kier alpha value is -3.82. The first-order chi connectivity index (χ1) is 17.7. The number of nitrogens with one attached hydrogen (secondary N) is 1. The first-order valence-electron chi connectivity index (χ1n) is 12.3. The van der Waals surface area contributed by atoms with Gasteiger partial charge in [-0.15, -0.1) is 0 Å². The number of piperidine rings is 1. The van der Waals surface area contributed by atoms with Crippen LogP contribution in [0.3, 0.4) is 0 Å². The van der Waals surface area contributed by atoms with E-state index in [1.807, 2.05) is 4.90 Å². The van der Waals surface area contributed by atoms with E-state index in [4.69, 9.17) is 15.2 Å². The number of rotatable bonds is 9. The van der Waals surface area contributed by atoms with Crippen molar-refractivity contribution in [3.05, 3.63) is 24.3 Å². The van der Waals surface area contributed by atoms with Crippen molar-refractivity contribution in [2.75, 3.05) is 36.9 Å². The number of ether oxygens (including phenoxy) is 2. The minimum Gasteiger partial charge on any atom is -0.488 e. The van der Waals surface area contributed by atoms with E-state index >= 15 is 0 Å². The third kappa shape index (κ3) is 5.95. The average Bonchev–Trinajstić information content (AvgIpc) is 3.66. The fourth-order valence-corrected chi connectivity index (χ4v) is 4.39. The number of aromatic nitrogens is 4. The number of alkyl halides is 2. The Kier molecular flexibility index (Phi) is 6.66. The highest BCUT2D eigenvalue weighted by atomic mass is 19.3. The molecule has 3 N–H and O–H groups in total. The van der Waals surface area contributed by atoms with Crippen molar-refractivity contribution in [3.63, 3.8) is 0 Å². The van der Waals surface area contributed by atoms with Crippen molar-refractivity contribution in [1.82, 2.24) is 25.3 Å². The molecule has 13 heteroatoms. The molecule has 3 aliphatic rings. The lowest BCUT2D eigenvalue weighted by molar-refractivity contribution is -0.0901. The Bertz CT molecular complexity index is 1190. The zero-order valence-electron chi connectivity index (χ0n) is 20.2. The molecule has 2 saturated carbocycles. The maximum Gasteiger partial charge on any atom is 0.319 e. The predicted molar refractivity (Wildman–Crippen MR) is 127 cm³/mol. The lowest BCUT2D eigenvalue weighted by Gasteiger charge is -2.35. The van der Waals surface area contributed by atoms with Crippen molar-refractivity contribution >= 4 is 17.5 Å². The number of hydrogen-bond acceptors (Lipinski definition) is 10. The second-order valence-corrected chi connectivity index (χ2v) is 10.0. The van der Waals surface area contributed by atoms with Crippen LogP contribution in [-0.2, 0) is 0 Å². The highest BCUT2D eigenvalue weighted by Gasteiger charge is 2.46. The fraction of sp³-hybridized carbons (Fsp3) is 0.583. The molecule has 0 aromatic carbocycles. The quantitative estimate of drug-likeness (QED) is 0.510. The van der Waals surface area contributed by atoms with Crippen LogP contribution in [-0.4, -0.2) is 64.1 Å². The first kappa shape index (κ1) is 24.9. The molecule has 196 valence electrons. The fourth-order valence-electron chi connectivity index (χ4n) is 4.39. The topological polar surface area (TPSA) is 152 Å². The first-order valence-corrected chi connectivity index (χ1v) is 12.3. The van der Waals surface area contributed by atoms with Gasteiger partial charge in [0.15, 0.2) is 11.6 Å². The Labute approximate surface area is 212 Å². The van der Waals surface area contributed by atoms with Crippen molar-refractivity contribution in [3.8, 4) is 17.8 Å². The summed E-state index contributed by atoms with van der Waals surface area (Å²) in [5.41, 5.74) is 5.32. The second-order valence-electron chi connectivity index (χ2n) is 10.0. The molecule has 2 aromatic heterocycles. The molecule has 2 aliphatic carbocycles. The van der Waals surface area contributed by atoms with Crippen molar-refractivity contribution in [1.29, 1.82) is 5.26 Å². The monoisotopic (exact) mass is 514 g/mol. The lowest BCUT2D eigenvalue weighted by atomic mass is 9.88. The predicted octanol–water partition coefficient (Wildman–Crippen LogP) is 2.35. The van der Waals surface area contributed by atoms with E-state index in [1.165, 1.54) is 12.5 Å². The van der Waals surface area contributed by atoms with E-state index < -0.39 is 23.3 Å². The summed E-state index contributed by atoms with van der Waals surface area (Å²) in [7, 11) is 0. The summed E-state index contributed by atoms with van der Waals surface area (Å²) in [4.78, 5) is 31.4. The van der Waals surface area contributed by atoms with Gasteiger partial charge in [0.1, 0.15) is 24.4 Å². The lowest BCUT2D eigenvalue weighted by Crippen LogP contribution is -2.50. The van der Waals surface area contributed by atoms with Crippen LogP contribution in [0.25, 0.3) is 0 Å². The zero-order chi connectivity index (χ0) is 26.0. The van der Waals surface area contributed by atoms with Crippen LogP contribution in [0.5, 0.6) is 11.8 Å². The van der Waals surface area contributed by atoms with E-state index in [0.29, 0.717) is 37.1 Å². The third-order valence-electron chi connectivity index (χ3n) is 7.04. The molecule has 11 nitrogen and oxygen atoms in total. The maximum absolute atomic E-state index is 13.2. The second kappa shape index (κ2) is 9.91. The number of nitriles is 1. The van der Waals surface area contributed by atoms with Gasteiger partial charge in [0.2, 0.25) is 0 Å². The Morgan fingerprint density at radius 1 is 1.24 bits per heavy atom. The number of nitrogens with two attached hydrogens (primary N) is 1. The molecule has 0 spiro atoms. The van der Waals surface area contributed by atoms with Crippen molar-refractivity contribution in [2.45, 2.75) is 50.5 Å². The van der Waals surface area contributed by atoms with Gasteiger partial charge in [0, 0.05) is 38.0 Å². The van der Waals surface area contributed by atoms with Gasteiger partial charge < -0.3 is 25.4 Å². The highest BCUT2D eigenvalue weighted by molar-refractivity contribution is 5.93. The summed E-state index contributed by atoms with van der Waals surface area (Å²) < 4.78 is 37.9. The molecule has 3 fully saturated rings. The molecule has 1 amide bonds. The van der Waals surface area contributed by atoms with Gasteiger partial charge in [0.25, 0.3) is 11.8 Å². The molecule has 0 atom stereocenters. The maximum atomic E-state index is 13.2. The summed E-state index contributed by atoms with van der Waals surface area (Å²) >= 11 is 0. The molecule has 37 heavy (non-hydrogen) atoms. The molecule has 5 rings (SSSR count). The summed E-state index contributed by atoms with van der Waals surface area (Å²) in [6, 6.07) is 3.20. The zero-order valence-corrected chi connectivity index (χ0v) is 20.2. The minimum absolute atomic E-state index is 0.00637. The SMILES string of the molecule is N#CC1(COc2nc(C(=O)NC3CC(F)(F)C3)cc(N3CCC(COc4cncnc4N)CC3)n2)CC1. The van der Waals surface area contributed by atoms with Crippen molar-refractivity contribution in [2.24, 2.45) is 11.3 Å². The average molecular weight is 515 g/mol. The number of carbonyl (C=O) groups is 1. The van der Waals surface area contributed by atoms with Crippen LogP contribution in [0, 0.1) is 22.7 Å². The van der Waals surface area contributed by atoms with Gasteiger partial charge in [-0.05, 0) is 31.6 Å². The number of carbonyl (C=O) groups excluding carboxylic acids is 1. The molecule has 0 unspecified atom stereocenters. The smallest absolute Gasteiger partial charge is 0.319 e. The van der Waals surface area contributed by atoms with Crippen LogP contribution in [0.1, 0.15) is 49.0 Å². The van der Waals surface area contributed by atoms with E-state index in [-0.39, 0.29) is 37.1 Å². The molecule has 1 aliphatic heterocycles. The Morgan fingerprint density at radius 2 is 2.00 bits per heavy atom. The molecule has 3 heterocycles. The summed E-state index contributed by atoms with van der Waals surface area (Å²) in [5, 5.41) is 12.0. The Morgan fingerprint density at radius 3 is 2.65 bits per heavy atom. The normalized spacial score (nSPS) is 20.4. The van der Waals surface area contributed by atoms with Crippen LogP contribution in [0.15, 0.2) is 18.6 Å². The van der Waals surface area contributed by atoms with Crippen LogP contribution >= 0.6 is 0 Å². The van der Waals surface area contributed by atoms with Gasteiger partial charge >= 0.3 is 6.01 Å². The van der Waals surface area contributed by atoms with E-state index in [2.05, 4.69) is 31.3 Å². The summed E-state index contributed by atoms with van der Waals surface area (Å²) in [6.45, 7) is 1.92. The molecule has 2 aromatic rings. The number of halogens is 2. The third-order valence-corrected chi connectivity index (χ3v) is 7.04. The van der Waals surface area contributed by atoms with Gasteiger partial charge in [-0.1, -0.05) is 0 Å². The number of nitrogens with zero attached hydrogens (tertiary/aromatic N) is 6. The Balaban J connectivity index is 1.24. The number of anilines is 2. The molecule has 0 radical (unpaired) electrons. The molecule has 1 saturated heterocycles. The van der Waals surface area contributed by atoms with Gasteiger partial charge in [-0.3, -0.25) is 4.79 Å². The van der Waals surface area contributed by atoms with Crippen LogP contribution in [0.4, 0.5) is 20.4 Å². The summed E-state index contributed by atoms with van der Waals surface area (Å²) in [5.74, 6) is -1.76. The van der Waals surface area contributed by atoms with E-state index in [0.717, 1.165) is 25.7 Å². The molecular formula is C24H28F2N8O3. The van der Waals surface area contributed by atoms with Crippen LogP contribution < -0.4 is 25.4 Å². The minimum atomic E-state index is -2.74. The number of nitrogen functional groups attached to an aromatic ring is 1. The molecule has 0 bridgehead atoms. The standard InChI is InChI=1S/C24H28F2N8O3/c25-24(26)8-16(9-24)31-21(35)17-7-19(33-22(32-17)37-13-23(12-27)3-4-23)34-5-1-15(2-6-34)11-36-18-10-29-14-30-20(18)28/h7,10,14-16H,1-6,8-9,11,13H2,(H,31,35)(H2,28,29,30). The van der Waals surface area contributed by atoms with Gasteiger partial charge in [-0.2, -0.15) is 15.2 Å². The molecular weight excluding hydrogens is 486 g/mol. The van der Waals surface area contributed by atoms with Gasteiger partial charge in [-0.25, -0.2) is 18.7 Å².